The Bertz CT molecular complexity index is 347. The van der Waals surface area contributed by atoms with E-state index in [-0.39, 0.29) is 0 Å². The second kappa shape index (κ2) is 6.90. The quantitative estimate of drug-likeness (QED) is 0.836. The maximum Gasteiger partial charge on any atom is 0.122 e. The number of aryl methyl sites for hydroxylation is 1. The summed E-state index contributed by atoms with van der Waals surface area (Å²) in [6.07, 6.45) is 9.37. The molecular weight excluding hydrogens is 224 g/mol. The number of aromatic nitrogens is 2. The molecule has 1 saturated heterocycles. The molecule has 1 atom stereocenters. The number of nitrogens with zero attached hydrogens (tertiary/aromatic N) is 3. The van der Waals surface area contributed by atoms with E-state index in [0.29, 0.717) is 0 Å². The maximum atomic E-state index is 4.42. The number of hydrogen-bond donors (Lipinski definition) is 1. The van der Waals surface area contributed by atoms with E-state index in [1.807, 2.05) is 6.20 Å². The minimum absolute atomic E-state index is 0.758. The average molecular weight is 250 g/mol. The van der Waals surface area contributed by atoms with Crippen LogP contribution in [0.1, 0.15) is 38.4 Å². The van der Waals surface area contributed by atoms with Gasteiger partial charge >= 0.3 is 0 Å². The van der Waals surface area contributed by atoms with Crippen molar-refractivity contribution < 1.29 is 0 Å². The van der Waals surface area contributed by atoms with Crippen molar-refractivity contribution in [2.45, 2.75) is 51.7 Å². The molecule has 18 heavy (non-hydrogen) atoms. The van der Waals surface area contributed by atoms with Gasteiger partial charge < -0.3 is 14.8 Å². The number of hydrogen-bond acceptors (Lipinski definition) is 3. The van der Waals surface area contributed by atoms with Crippen molar-refractivity contribution in [2.75, 3.05) is 20.1 Å². The zero-order valence-electron chi connectivity index (χ0n) is 11.7. The lowest BCUT2D eigenvalue weighted by atomic mass is 10.0. The number of imidazole rings is 1. The number of likely N-dealkylation sites (tertiary alicyclic amines) is 1. The summed E-state index contributed by atoms with van der Waals surface area (Å²) in [5, 5.41) is 3.34. The highest BCUT2D eigenvalue weighted by Crippen LogP contribution is 2.18. The first kappa shape index (κ1) is 13.6. The Balaban J connectivity index is 1.83. The van der Waals surface area contributed by atoms with E-state index in [1.165, 1.54) is 32.2 Å². The Labute approximate surface area is 110 Å². The fraction of sp³-hybridized carbons (Fsp3) is 0.786. The highest BCUT2D eigenvalue weighted by atomic mass is 15.1. The van der Waals surface area contributed by atoms with Crippen LogP contribution in [0.4, 0.5) is 0 Å². The Kier molecular flexibility index (Phi) is 5.20. The molecule has 0 bridgehead atoms. The predicted molar refractivity (Wildman–Crippen MR) is 74.5 cm³/mol. The summed E-state index contributed by atoms with van der Waals surface area (Å²) in [7, 11) is 2.26. The van der Waals surface area contributed by atoms with Crippen LogP contribution in [0, 0.1) is 0 Å². The third-order valence-electron chi connectivity index (χ3n) is 3.96. The molecule has 1 aromatic rings. The summed E-state index contributed by atoms with van der Waals surface area (Å²) >= 11 is 0. The van der Waals surface area contributed by atoms with Gasteiger partial charge in [0.25, 0.3) is 0 Å². The SMILES string of the molecule is CCNCc1nccn1CCC1CCCCN1C. The second-order valence-corrected chi connectivity index (χ2v) is 5.24. The van der Waals surface area contributed by atoms with Gasteiger partial charge in [0.1, 0.15) is 5.82 Å². The first-order chi connectivity index (χ1) is 8.81. The second-order valence-electron chi connectivity index (χ2n) is 5.24. The van der Waals surface area contributed by atoms with Gasteiger partial charge in [0.15, 0.2) is 0 Å². The van der Waals surface area contributed by atoms with Gasteiger partial charge in [-0.15, -0.1) is 0 Å². The summed E-state index contributed by atoms with van der Waals surface area (Å²) < 4.78 is 2.30. The van der Waals surface area contributed by atoms with E-state index < -0.39 is 0 Å². The summed E-state index contributed by atoms with van der Waals surface area (Å²) in [6.45, 7) is 6.36. The third-order valence-corrected chi connectivity index (χ3v) is 3.96. The molecule has 2 heterocycles. The molecule has 4 heteroatoms. The van der Waals surface area contributed by atoms with E-state index in [4.69, 9.17) is 0 Å². The number of nitrogens with one attached hydrogen (secondary N) is 1. The van der Waals surface area contributed by atoms with E-state index >= 15 is 0 Å². The van der Waals surface area contributed by atoms with E-state index in [9.17, 15) is 0 Å². The van der Waals surface area contributed by atoms with Crippen molar-refractivity contribution in [2.24, 2.45) is 0 Å². The lowest BCUT2D eigenvalue weighted by Crippen LogP contribution is -2.36. The predicted octanol–water partition coefficient (Wildman–Crippen LogP) is 1.87. The lowest BCUT2D eigenvalue weighted by molar-refractivity contribution is 0.170. The first-order valence-electron chi connectivity index (χ1n) is 7.22. The van der Waals surface area contributed by atoms with Gasteiger partial charge in [-0.3, -0.25) is 0 Å². The summed E-state index contributed by atoms with van der Waals surface area (Å²) in [5.41, 5.74) is 0. The van der Waals surface area contributed by atoms with Crippen molar-refractivity contribution in [1.82, 2.24) is 19.8 Å². The van der Waals surface area contributed by atoms with Crippen LogP contribution >= 0.6 is 0 Å². The van der Waals surface area contributed by atoms with Gasteiger partial charge in [-0.05, 0) is 39.4 Å². The fourth-order valence-corrected chi connectivity index (χ4v) is 2.74. The Morgan fingerprint density at radius 1 is 1.44 bits per heavy atom. The van der Waals surface area contributed by atoms with E-state index in [2.05, 4.69) is 39.9 Å². The third kappa shape index (κ3) is 3.56. The normalized spacial score (nSPS) is 21.3. The van der Waals surface area contributed by atoms with Gasteiger partial charge in [0, 0.05) is 25.0 Å². The molecular formula is C14H26N4. The van der Waals surface area contributed by atoms with Gasteiger partial charge in [0.2, 0.25) is 0 Å². The topological polar surface area (TPSA) is 33.1 Å². The minimum Gasteiger partial charge on any atom is -0.334 e. The van der Waals surface area contributed by atoms with Gasteiger partial charge in [0.05, 0.1) is 6.54 Å². The van der Waals surface area contributed by atoms with Crippen LogP contribution in [0.5, 0.6) is 0 Å². The van der Waals surface area contributed by atoms with E-state index in [1.54, 1.807) is 0 Å². The smallest absolute Gasteiger partial charge is 0.122 e. The molecule has 1 aliphatic rings. The Morgan fingerprint density at radius 3 is 3.11 bits per heavy atom. The molecule has 1 aliphatic heterocycles. The molecule has 4 nitrogen and oxygen atoms in total. The molecule has 2 rings (SSSR count). The van der Waals surface area contributed by atoms with Crippen LogP contribution in [-0.4, -0.2) is 40.6 Å². The van der Waals surface area contributed by atoms with E-state index in [0.717, 1.165) is 31.5 Å². The Morgan fingerprint density at radius 2 is 2.33 bits per heavy atom. The monoisotopic (exact) mass is 250 g/mol. The molecule has 0 amide bonds. The standard InChI is InChI=1S/C14H26N4/c1-3-15-12-14-16-8-11-18(14)10-7-13-6-4-5-9-17(13)2/h8,11,13,15H,3-7,9-10,12H2,1-2H3. The first-order valence-corrected chi connectivity index (χ1v) is 7.22. The van der Waals surface area contributed by atoms with Crippen LogP contribution in [0.2, 0.25) is 0 Å². The van der Waals surface area contributed by atoms with Crippen molar-refractivity contribution in [3.63, 3.8) is 0 Å². The van der Waals surface area contributed by atoms with Crippen molar-refractivity contribution >= 4 is 0 Å². The van der Waals surface area contributed by atoms with Crippen molar-refractivity contribution in [3.8, 4) is 0 Å². The molecule has 1 aromatic heterocycles. The zero-order valence-corrected chi connectivity index (χ0v) is 11.7. The molecule has 0 spiro atoms. The van der Waals surface area contributed by atoms with Gasteiger partial charge in [-0.1, -0.05) is 13.3 Å². The molecule has 0 aliphatic carbocycles. The summed E-state index contributed by atoms with van der Waals surface area (Å²) in [6, 6.07) is 0.758. The van der Waals surface area contributed by atoms with Gasteiger partial charge in [-0.25, -0.2) is 4.98 Å². The number of piperidine rings is 1. The Hall–Kier alpha value is -0.870. The number of rotatable bonds is 6. The molecule has 0 aromatic carbocycles. The minimum atomic E-state index is 0.758. The summed E-state index contributed by atoms with van der Waals surface area (Å²) in [4.78, 5) is 6.94. The van der Waals surface area contributed by atoms with Crippen molar-refractivity contribution in [1.29, 1.82) is 0 Å². The maximum absolute atomic E-state index is 4.42. The molecule has 102 valence electrons. The molecule has 1 fully saturated rings. The molecule has 1 N–H and O–H groups in total. The van der Waals surface area contributed by atoms with Crippen LogP contribution in [0.3, 0.4) is 0 Å². The van der Waals surface area contributed by atoms with Crippen LogP contribution < -0.4 is 5.32 Å². The van der Waals surface area contributed by atoms with Crippen LogP contribution in [0.25, 0.3) is 0 Å². The average Bonchev–Trinajstić information content (AvgIpc) is 2.83. The highest BCUT2D eigenvalue weighted by molar-refractivity contribution is 4.92. The van der Waals surface area contributed by atoms with Crippen molar-refractivity contribution in [3.05, 3.63) is 18.2 Å². The molecule has 1 unspecified atom stereocenters. The molecule has 0 radical (unpaired) electrons. The largest absolute Gasteiger partial charge is 0.334 e. The van der Waals surface area contributed by atoms with Crippen LogP contribution in [-0.2, 0) is 13.1 Å². The zero-order chi connectivity index (χ0) is 12.8. The highest BCUT2D eigenvalue weighted by Gasteiger charge is 2.18. The van der Waals surface area contributed by atoms with Gasteiger partial charge in [-0.2, -0.15) is 0 Å². The fourth-order valence-electron chi connectivity index (χ4n) is 2.74. The summed E-state index contributed by atoms with van der Waals surface area (Å²) in [5.74, 6) is 1.16. The lowest BCUT2D eigenvalue weighted by Gasteiger charge is -2.32. The van der Waals surface area contributed by atoms with Crippen LogP contribution in [0.15, 0.2) is 12.4 Å². The molecule has 0 saturated carbocycles.